The van der Waals surface area contributed by atoms with Crippen LogP contribution in [-0.2, 0) is 6.61 Å². The number of nitrogens with one attached hydrogen (secondary N) is 1. The Morgan fingerprint density at radius 2 is 2.31 bits per heavy atom. The number of anilines is 1. The van der Waals surface area contributed by atoms with Crippen LogP contribution >= 0.6 is 15.9 Å². The Hall–Kier alpha value is -1.07. The summed E-state index contributed by atoms with van der Waals surface area (Å²) in [4.78, 5) is 6.97. The number of halogens is 1. The molecule has 0 aliphatic rings. The number of hydrogen-bond acceptors (Lipinski definition) is 3. The van der Waals surface area contributed by atoms with Gasteiger partial charge in [-0.25, -0.2) is 4.98 Å². The van der Waals surface area contributed by atoms with E-state index >= 15 is 0 Å². The van der Waals surface area contributed by atoms with Gasteiger partial charge in [-0.3, -0.25) is 0 Å². The van der Waals surface area contributed by atoms with Crippen LogP contribution in [0, 0.1) is 0 Å². The Bertz CT molecular complexity index is 452. The van der Waals surface area contributed by atoms with Crippen LogP contribution in [0.25, 0.3) is 11.0 Å². The molecule has 4 N–H and O–H groups in total. The summed E-state index contributed by atoms with van der Waals surface area (Å²) in [6.07, 6.45) is 0. The van der Waals surface area contributed by atoms with E-state index < -0.39 is 0 Å². The van der Waals surface area contributed by atoms with Crippen LogP contribution in [0.15, 0.2) is 16.6 Å². The van der Waals surface area contributed by atoms with Gasteiger partial charge in [0.2, 0.25) is 0 Å². The van der Waals surface area contributed by atoms with Crippen molar-refractivity contribution < 1.29 is 5.11 Å². The third kappa shape index (κ3) is 1.30. The summed E-state index contributed by atoms with van der Waals surface area (Å²) < 4.78 is 0.842. The van der Waals surface area contributed by atoms with E-state index in [2.05, 4.69) is 25.9 Å². The van der Waals surface area contributed by atoms with Crippen molar-refractivity contribution in [1.29, 1.82) is 0 Å². The highest BCUT2D eigenvalue weighted by Crippen LogP contribution is 2.25. The lowest BCUT2D eigenvalue weighted by Gasteiger charge is -1.99. The molecule has 68 valence electrons. The van der Waals surface area contributed by atoms with Gasteiger partial charge in [0.25, 0.3) is 0 Å². The van der Waals surface area contributed by atoms with Gasteiger partial charge < -0.3 is 15.8 Å². The van der Waals surface area contributed by atoms with Crippen LogP contribution in [0.4, 0.5) is 5.95 Å². The van der Waals surface area contributed by atoms with Gasteiger partial charge in [0, 0.05) is 10.0 Å². The number of aromatic nitrogens is 2. The molecule has 0 atom stereocenters. The number of H-pyrrole nitrogens is 1. The van der Waals surface area contributed by atoms with Crippen LogP contribution in [0.5, 0.6) is 0 Å². The maximum absolute atomic E-state index is 9.10. The van der Waals surface area contributed by atoms with E-state index in [1.165, 1.54) is 0 Å². The van der Waals surface area contributed by atoms with Crippen molar-refractivity contribution in [3.63, 3.8) is 0 Å². The standard InChI is InChI=1S/C8H8BrN3O/c9-5-1-2-6-7(4(5)3-13)12-8(10)11-6/h1-2,13H,3H2,(H3,10,11,12). The maximum Gasteiger partial charge on any atom is 0.198 e. The fourth-order valence-corrected chi connectivity index (χ4v) is 1.72. The Morgan fingerprint density at radius 1 is 1.54 bits per heavy atom. The molecule has 0 amide bonds. The number of nitrogens with zero attached hydrogens (tertiary/aromatic N) is 1. The number of nitrogens with two attached hydrogens (primary N) is 1. The van der Waals surface area contributed by atoms with E-state index in [9.17, 15) is 0 Å². The second-order valence-corrected chi connectivity index (χ2v) is 3.56. The van der Waals surface area contributed by atoms with Crippen LogP contribution in [0.3, 0.4) is 0 Å². The molecule has 0 aliphatic heterocycles. The molecule has 0 radical (unpaired) electrons. The van der Waals surface area contributed by atoms with Crippen molar-refractivity contribution in [3.05, 3.63) is 22.2 Å². The van der Waals surface area contributed by atoms with Crippen LogP contribution in [0.1, 0.15) is 5.56 Å². The molecule has 5 heteroatoms. The Kier molecular flexibility index (Phi) is 1.97. The van der Waals surface area contributed by atoms with Crippen molar-refractivity contribution in [1.82, 2.24) is 9.97 Å². The third-order valence-electron chi connectivity index (χ3n) is 1.88. The molecule has 0 unspecified atom stereocenters. The monoisotopic (exact) mass is 241 g/mol. The van der Waals surface area contributed by atoms with Gasteiger partial charge in [-0.2, -0.15) is 0 Å². The fourth-order valence-electron chi connectivity index (χ4n) is 1.28. The van der Waals surface area contributed by atoms with Crippen molar-refractivity contribution in [2.45, 2.75) is 6.61 Å². The minimum Gasteiger partial charge on any atom is -0.392 e. The maximum atomic E-state index is 9.10. The van der Waals surface area contributed by atoms with Crippen molar-refractivity contribution in [2.75, 3.05) is 5.73 Å². The Morgan fingerprint density at radius 3 is 3.00 bits per heavy atom. The number of rotatable bonds is 1. The first-order valence-electron chi connectivity index (χ1n) is 3.76. The molecule has 1 aromatic heterocycles. The molecule has 0 spiro atoms. The first-order valence-corrected chi connectivity index (χ1v) is 4.55. The molecule has 13 heavy (non-hydrogen) atoms. The number of imidazole rings is 1. The summed E-state index contributed by atoms with van der Waals surface area (Å²) in [6.45, 7) is -0.0534. The lowest BCUT2D eigenvalue weighted by atomic mass is 10.2. The van der Waals surface area contributed by atoms with Gasteiger partial charge in [-0.05, 0) is 12.1 Å². The molecule has 0 bridgehead atoms. The minimum atomic E-state index is -0.0534. The highest BCUT2D eigenvalue weighted by atomic mass is 79.9. The molecule has 2 aromatic rings. The van der Waals surface area contributed by atoms with Crippen LogP contribution in [0.2, 0.25) is 0 Å². The fraction of sp³-hybridized carbons (Fsp3) is 0.125. The first-order chi connectivity index (χ1) is 6.22. The second-order valence-electron chi connectivity index (χ2n) is 2.70. The predicted octanol–water partition coefficient (Wildman–Crippen LogP) is 1.40. The zero-order valence-electron chi connectivity index (χ0n) is 6.71. The largest absolute Gasteiger partial charge is 0.392 e. The summed E-state index contributed by atoms with van der Waals surface area (Å²) in [5.74, 6) is 0.364. The van der Waals surface area contributed by atoms with E-state index in [0.29, 0.717) is 5.95 Å². The number of hydrogen-bond donors (Lipinski definition) is 3. The highest BCUT2D eigenvalue weighted by Gasteiger charge is 2.08. The Balaban J connectivity index is 2.82. The van der Waals surface area contributed by atoms with Crippen LogP contribution < -0.4 is 5.73 Å². The lowest BCUT2D eigenvalue weighted by molar-refractivity contribution is 0.282. The molecule has 0 saturated heterocycles. The minimum absolute atomic E-state index is 0.0534. The van der Waals surface area contributed by atoms with Crippen molar-refractivity contribution >= 4 is 32.9 Å². The summed E-state index contributed by atoms with van der Waals surface area (Å²) in [5.41, 5.74) is 7.81. The predicted molar refractivity (Wildman–Crippen MR) is 54.1 cm³/mol. The molecular weight excluding hydrogens is 234 g/mol. The van der Waals surface area contributed by atoms with Gasteiger partial charge in [0.15, 0.2) is 5.95 Å². The molecule has 0 fully saturated rings. The van der Waals surface area contributed by atoms with E-state index in [4.69, 9.17) is 10.8 Å². The van der Waals surface area contributed by atoms with Crippen LogP contribution in [-0.4, -0.2) is 15.1 Å². The topological polar surface area (TPSA) is 74.9 Å². The lowest BCUT2D eigenvalue weighted by Crippen LogP contribution is -1.88. The summed E-state index contributed by atoms with van der Waals surface area (Å²) >= 11 is 3.33. The smallest absolute Gasteiger partial charge is 0.198 e. The normalized spacial score (nSPS) is 10.9. The molecular formula is C8H8BrN3O. The average molecular weight is 242 g/mol. The molecule has 2 rings (SSSR count). The molecule has 0 aliphatic carbocycles. The average Bonchev–Trinajstić information content (AvgIpc) is 2.45. The zero-order chi connectivity index (χ0) is 9.42. The number of benzene rings is 1. The zero-order valence-corrected chi connectivity index (χ0v) is 8.30. The SMILES string of the molecule is Nc1nc2c(CO)c(Br)ccc2[nH]1. The Labute approximate surface area is 82.9 Å². The molecule has 1 aromatic carbocycles. The van der Waals surface area contributed by atoms with Crippen molar-refractivity contribution in [3.8, 4) is 0 Å². The van der Waals surface area contributed by atoms with E-state index in [-0.39, 0.29) is 6.61 Å². The molecule has 0 saturated carbocycles. The quantitative estimate of drug-likeness (QED) is 0.707. The van der Waals surface area contributed by atoms with Gasteiger partial charge in [0.05, 0.1) is 17.6 Å². The first kappa shape index (κ1) is 8.52. The number of aliphatic hydroxyl groups is 1. The second kappa shape index (κ2) is 3.01. The van der Waals surface area contributed by atoms with Crippen molar-refractivity contribution in [2.24, 2.45) is 0 Å². The van der Waals surface area contributed by atoms with Gasteiger partial charge >= 0.3 is 0 Å². The summed E-state index contributed by atoms with van der Waals surface area (Å²) in [5, 5.41) is 9.10. The number of aliphatic hydroxyl groups excluding tert-OH is 1. The number of nitrogen functional groups attached to an aromatic ring is 1. The number of fused-ring (bicyclic) bond motifs is 1. The summed E-state index contributed by atoms with van der Waals surface area (Å²) in [7, 11) is 0. The third-order valence-corrected chi connectivity index (χ3v) is 2.62. The molecule has 1 heterocycles. The van der Waals surface area contributed by atoms with E-state index in [1.807, 2.05) is 12.1 Å². The van der Waals surface area contributed by atoms with E-state index in [0.717, 1.165) is 21.1 Å². The number of aromatic amines is 1. The van der Waals surface area contributed by atoms with Gasteiger partial charge in [-0.1, -0.05) is 15.9 Å². The van der Waals surface area contributed by atoms with E-state index in [1.54, 1.807) is 0 Å². The highest BCUT2D eigenvalue weighted by molar-refractivity contribution is 9.10. The van der Waals surface area contributed by atoms with Gasteiger partial charge in [-0.15, -0.1) is 0 Å². The summed E-state index contributed by atoms with van der Waals surface area (Å²) in [6, 6.07) is 3.72. The van der Waals surface area contributed by atoms with Gasteiger partial charge in [0.1, 0.15) is 0 Å². The molecule has 4 nitrogen and oxygen atoms in total.